The Morgan fingerprint density at radius 1 is 1.17 bits per heavy atom. The van der Waals surface area contributed by atoms with Crippen LogP contribution in [-0.4, -0.2) is 38.8 Å². The summed E-state index contributed by atoms with van der Waals surface area (Å²) in [5.41, 5.74) is 1.15. The minimum absolute atomic E-state index is 0.397. The fourth-order valence-electron chi connectivity index (χ4n) is 1.97. The highest BCUT2D eigenvalue weighted by Gasteiger charge is 2.08. The third-order valence-corrected chi connectivity index (χ3v) is 3.85. The predicted molar refractivity (Wildman–Crippen MR) is 101 cm³/mol. The molecular formula is C19H33N3O2. The number of guanidine groups is 1. The van der Waals surface area contributed by atoms with Crippen molar-refractivity contribution in [2.75, 3.05) is 26.8 Å². The van der Waals surface area contributed by atoms with Crippen molar-refractivity contribution in [3.05, 3.63) is 29.8 Å². The molecule has 0 saturated heterocycles. The van der Waals surface area contributed by atoms with Gasteiger partial charge in [-0.05, 0) is 43.9 Å². The van der Waals surface area contributed by atoms with Gasteiger partial charge in [0.2, 0.25) is 0 Å². The molecule has 0 aliphatic carbocycles. The number of hydrogen-bond donors (Lipinski definition) is 2. The van der Waals surface area contributed by atoms with Crippen LogP contribution in [-0.2, 0) is 11.3 Å². The van der Waals surface area contributed by atoms with Crippen molar-refractivity contribution in [2.24, 2.45) is 10.9 Å². The Morgan fingerprint density at radius 2 is 1.88 bits per heavy atom. The zero-order valence-electron chi connectivity index (χ0n) is 15.8. The SMILES string of the molecule is CCNC(=NCCCOCc1ccc(OC)cc1)NC(C)C(C)C. The van der Waals surface area contributed by atoms with Crippen molar-refractivity contribution in [3.8, 4) is 5.75 Å². The number of nitrogens with zero attached hydrogens (tertiary/aromatic N) is 1. The van der Waals surface area contributed by atoms with E-state index in [1.807, 2.05) is 24.3 Å². The normalized spacial score (nSPS) is 13.0. The van der Waals surface area contributed by atoms with Gasteiger partial charge in [-0.15, -0.1) is 0 Å². The summed E-state index contributed by atoms with van der Waals surface area (Å²) in [4.78, 5) is 4.60. The number of hydrogen-bond acceptors (Lipinski definition) is 3. The highest BCUT2D eigenvalue weighted by atomic mass is 16.5. The maximum atomic E-state index is 5.70. The second-order valence-electron chi connectivity index (χ2n) is 6.19. The quantitative estimate of drug-likeness (QED) is 0.392. The zero-order chi connectivity index (χ0) is 17.8. The lowest BCUT2D eigenvalue weighted by Gasteiger charge is -2.20. The van der Waals surface area contributed by atoms with E-state index < -0.39 is 0 Å². The van der Waals surface area contributed by atoms with Gasteiger partial charge in [0.05, 0.1) is 13.7 Å². The molecule has 1 aromatic carbocycles. The third-order valence-electron chi connectivity index (χ3n) is 3.85. The average molecular weight is 335 g/mol. The lowest BCUT2D eigenvalue weighted by Crippen LogP contribution is -2.44. The van der Waals surface area contributed by atoms with Crippen LogP contribution in [0.3, 0.4) is 0 Å². The Morgan fingerprint density at radius 3 is 2.46 bits per heavy atom. The first kappa shape index (κ1) is 20.3. The molecule has 0 aromatic heterocycles. The molecule has 1 atom stereocenters. The summed E-state index contributed by atoms with van der Waals surface area (Å²) in [6, 6.07) is 8.35. The van der Waals surface area contributed by atoms with Crippen molar-refractivity contribution < 1.29 is 9.47 Å². The smallest absolute Gasteiger partial charge is 0.191 e. The van der Waals surface area contributed by atoms with Crippen molar-refractivity contribution in [2.45, 2.75) is 46.8 Å². The van der Waals surface area contributed by atoms with E-state index in [0.29, 0.717) is 25.2 Å². The number of benzene rings is 1. The summed E-state index contributed by atoms with van der Waals surface area (Å²) in [6.07, 6.45) is 0.906. The molecule has 1 rings (SSSR count). The molecule has 0 radical (unpaired) electrons. The van der Waals surface area contributed by atoms with Gasteiger partial charge in [0.1, 0.15) is 5.75 Å². The van der Waals surface area contributed by atoms with Gasteiger partial charge >= 0.3 is 0 Å². The van der Waals surface area contributed by atoms with E-state index >= 15 is 0 Å². The summed E-state index contributed by atoms with van der Waals surface area (Å²) in [6.45, 7) is 11.6. The van der Waals surface area contributed by atoms with E-state index in [2.05, 4.69) is 43.3 Å². The Kier molecular flexibility index (Phi) is 9.92. The molecule has 1 unspecified atom stereocenters. The van der Waals surface area contributed by atoms with Crippen LogP contribution in [0, 0.1) is 5.92 Å². The van der Waals surface area contributed by atoms with Crippen molar-refractivity contribution in [1.82, 2.24) is 10.6 Å². The van der Waals surface area contributed by atoms with Gasteiger partial charge in [0, 0.05) is 25.7 Å². The topological polar surface area (TPSA) is 54.9 Å². The lowest BCUT2D eigenvalue weighted by molar-refractivity contribution is 0.120. The summed E-state index contributed by atoms with van der Waals surface area (Å²) in [5, 5.41) is 6.71. The van der Waals surface area contributed by atoms with Crippen LogP contribution in [0.4, 0.5) is 0 Å². The number of nitrogens with one attached hydrogen (secondary N) is 2. The van der Waals surface area contributed by atoms with E-state index in [0.717, 1.165) is 36.8 Å². The first-order valence-electron chi connectivity index (χ1n) is 8.82. The number of methoxy groups -OCH3 is 1. The summed E-state index contributed by atoms with van der Waals surface area (Å²) < 4.78 is 10.8. The summed E-state index contributed by atoms with van der Waals surface area (Å²) in [7, 11) is 1.67. The fraction of sp³-hybridized carbons (Fsp3) is 0.632. The van der Waals surface area contributed by atoms with E-state index in [4.69, 9.17) is 9.47 Å². The second-order valence-corrected chi connectivity index (χ2v) is 6.19. The van der Waals surface area contributed by atoms with Gasteiger partial charge in [-0.1, -0.05) is 26.0 Å². The van der Waals surface area contributed by atoms with Crippen LogP contribution < -0.4 is 15.4 Å². The Balaban J connectivity index is 2.26. The van der Waals surface area contributed by atoms with Gasteiger partial charge in [-0.25, -0.2) is 0 Å². The fourth-order valence-corrected chi connectivity index (χ4v) is 1.97. The van der Waals surface area contributed by atoms with E-state index in [9.17, 15) is 0 Å². The van der Waals surface area contributed by atoms with E-state index in [-0.39, 0.29) is 0 Å². The Hall–Kier alpha value is -1.75. The molecule has 5 nitrogen and oxygen atoms in total. The second kappa shape index (κ2) is 11.7. The van der Waals surface area contributed by atoms with Crippen molar-refractivity contribution >= 4 is 5.96 Å². The van der Waals surface area contributed by atoms with Crippen LogP contribution in [0.2, 0.25) is 0 Å². The highest BCUT2D eigenvalue weighted by Crippen LogP contribution is 2.11. The van der Waals surface area contributed by atoms with Crippen LogP contribution in [0.1, 0.15) is 39.7 Å². The molecule has 0 aliphatic heterocycles. The molecule has 0 heterocycles. The minimum Gasteiger partial charge on any atom is -0.497 e. The standard InChI is InChI=1S/C19H33N3O2/c1-6-20-19(22-16(4)15(2)3)21-12-7-13-24-14-17-8-10-18(23-5)11-9-17/h8-11,15-16H,6-7,12-14H2,1-5H3,(H2,20,21,22). The molecule has 0 fully saturated rings. The van der Waals surface area contributed by atoms with Crippen molar-refractivity contribution in [3.63, 3.8) is 0 Å². The molecule has 24 heavy (non-hydrogen) atoms. The maximum absolute atomic E-state index is 5.70. The monoisotopic (exact) mass is 335 g/mol. The summed E-state index contributed by atoms with van der Waals surface area (Å²) in [5.74, 6) is 2.32. The molecule has 0 aliphatic rings. The zero-order valence-corrected chi connectivity index (χ0v) is 15.8. The number of ether oxygens (including phenoxy) is 2. The minimum atomic E-state index is 0.397. The van der Waals surface area contributed by atoms with Gasteiger partial charge in [-0.2, -0.15) is 0 Å². The third kappa shape index (κ3) is 8.20. The van der Waals surface area contributed by atoms with Crippen LogP contribution in [0.15, 0.2) is 29.3 Å². The van der Waals surface area contributed by atoms with Crippen LogP contribution in [0.5, 0.6) is 5.75 Å². The van der Waals surface area contributed by atoms with Crippen LogP contribution >= 0.6 is 0 Å². The molecule has 136 valence electrons. The lowest BCUT2D eigenvalue weighted by atomic mass is 10.1. The van der Waals surface area contributed by atoms with Crippen LogP contribution in [0.25, 0.3) is 0 Å². The first-order chi connectivity index (χ1) is 11.6. The number of rotatable bonds is 10. The molecule has 0 amide bonds. The van der Waals surface area contributed by atoms with Gasteiger partial charge in [0.15, 0.2) is 5.96 Å². The average Bonchev–Trinajstić information content (AvgIpc) is 2.58. The first-order valence-corrected chi connectivity index (χ1v) is 8.82. The predicted octanol–water partition coefficient (Wildman–Crippen LogP) is 3.20. The van der Waals surface area contributed by atoms with Crippen molar-refractivity contribution in [1.29, 1.82) is 0 Å². The van der Waals surface area contributed by atoms with Gasteiger partial charge in [-0.3, -0.25) is 4.99 Å². The molecular weight excluding hydrogens is 302 g/mol. The van der Waals surface area contributed by atoms with Gasteiger partial charge < -0.3 is 20.1 Å². The highest BCUT2D eigenvalue weighted by molar-refractivity contribution is 5.80. The number of aliphatic imine (C=N–C) groups is 1. The Bertz CT molecular complexity index is 472. The molecule has 2 N–H and O–H groups in total. The molecule has 0 saturated carbocycles. The largest absolute Gasteiger partial charge is 0.497 e. The van der Waals surface area contributed by atoms with Gasteiger partial charge in [0.25, 0.3) is 0 Å². The van der Waals surface area contributed by atoms with E-state index in [1.165, 1.54) is 0 Å². The summed E-state index contributed by atoms with van der Waals surface area (Å²) >= 11 is 0. The Labute approximate surface area is 146 Å². The molecule has 5 heteroatoms. The van der Waals surface area contributed by atoms with E-state index in [1.54, 1.807) is 7.11 Å². The molecule has 0 bridgehead atoms. The molecule has 1 aromatic rings. The molecule has 0 spiro atoms. The maximum Gasteiger partial charge on any atom is 0.191 e.